The Balaban J connectivity index is 2.67. The SMILES string of the molecule is NCCC(N)C(=O)[C@@H]1CCCCN1C(N)=O. The topological polar surface area (TPSA) is 115 Å². The standard InChI is InChI=1S/C10H20N4O2/c11-5-4-7(12)9(15)8-3-1-2-6-14(8)10(13)16/h7-8H,1-6,11-12H2,(H2,13,16)/t7?,8-/m0/s1. The number of primary amides is 1. The minimum absolute atomic E-state index is 0.121. The third kappa shape index (κ3) is 2.93. The number of Topliss-reactive ketones (excluding diaryl/α,β-unsaturated/α-hetero) is 1. The van der Waals surface area contributed by atoms with Crippen LogP contribution in [0.4, 0.5) is 4.79 Å². The highest BCUT2D eigenvalue weighted by atomic mass is 16.2. The van der Waals surface area contributed by atoms with Gasteiger partial charge < -0.3 is 22.1 Å². The summed E-state index contributed by atoms with van der Waals surface area (Å²) in [5.41, 5.74) is 16.3. The van der Waals surface area contributed by atoms with Crippen molar-refractivity contribution in [2.45, 2.75) is 37.8 Å². The van der Waals surface area contributed by atoms with E-state index in [1.54, 1.807) is 0 Å². The van der Waals surface area contributed by atoms with Crippen LogP contribution in [-0.2, 0) is 4.79 Å². The van der Waals surface area contributed by atoms with E-state index in [4.69, 9.17) is 17.2 Å². The maximum atomic E-state index is 12.0. The number of ketones is 1. The van der Waals surface area contributed by atoms with Crippen molar-refractivity contribution >= 4 is 11.8 Å². The number of hydrogen-bond acceptors (Lipinski definition) is 4. The Bertz CT molecular complexity index is 270. The van der Waals surface area contributed by atoms with E-state index in [0.717, 1.165) is 12.8 Å². The Labute approximate surface area is 95.1 Å². The molecule has 0 aliphatic carbocycles. The van der Waals surface area contributed by atoms with E-state index in [-0.39, 0.29) is 5.78 Å². The molecule has 0 radical (unpaired) electrons. The maximum Gasteiger partial charge on any atom is 0.315 e. The lowest BCUT2D eigenvalue weighted by molar-refractivity contribution is -0.125. The first-order chi connectivity index (χ1) is 7.57. The van der Waals surface area contributed by atoms with Crippen LogP contribution in [0.2, 0.25) is 0 Å². The predicted octanol–water partition coefficient (Wildman–Crippen LogP) is -0.835. The molecule has 1 fully saturated rings. The molecule has 0 aromatic rings. The number of rotatable bonds is 4. The van der Waals surface area contributed by atoms with Crippen LogP contribution in [0.15, 0.2) is 0 Å². The van der Waals surface area contributed by atoms with Gasteiger partial charge in [-0.05, 0) is 32.2 Å². The molecule has 0 aromatic carbocycles. The average molecular weight is 228 g/mol. The normalized spacial score (nSPS) is 22.9. The van der Waals surface area contributed by atoms with Crippen molar-refractivity contribution in [3.63, 3.8) is 0 Å². The monoisotopic (exact) mass is 228 g/mol. The van der Waals surface area contributed by atoms with Gasteiger partial charge in [0.2, 0.25) is 0 Å². The third-order valence-corrected chi connectivity index (χ3v) is 2.96. The molecule has 6 heteroatoms. The fraction of sp³-hybridized carbons (Fsp3) is 0.800. The van der Waals surface area contributed by atoms with Crippen molar-refractivity contribution in [3.8, 4) is 0 Å². The molecule has 1 aliphatic heterocycles. The van der Waals surface area contributed by atoms with Gasteiger partial charge in [0.05, 0.1) is 12.1 Å². The Kier molecular flexibility index (Phi) is 4.70. The number of nitrogens with zero attached hydrogens (tertiary/aromatic N) is 1. The Morgan fingerprint density at radius 3 is 2.62 bits per heavy atom. The molecule has 16 heavy (non-hydrogen) atoms. The van der Waals surface area contributed by atoms with Gasteiger partial charge in [-0.15, -0.1) is 0 Å². The first-order valence-corrected chi connectivity index (χ1v) is 5.63. The number of amides is 2. The van der Waals surface area contributed by atoms with Crippen LogP contribution in [0.25, 0.3) is 0 Å². The summed E-state index contributed by atoms with van der Waals surface area (Å²) in [5, 5.41) is 0. The summed E-state index contributed by atoms with van der Waals surface area (Å²) in [6.45, 7) is 0.914. The molecule has 1 rings (SSSR count). The summed E-state index contributed by atoms with van der Waals surface area (Å²) in [6, 6.07) is -1.58. The number of nitrogens with two attached hydrogens (primary N) is 3. The highest BCUT2D eigenvalue weighted by Gasteiger charge is 2.33. The molecule has 1 heterocycles. The molecule has 6 N–H and O–H groups in total. The number of piperidine rings is 1. The van der Waals surface area contributed by atoms with Crippen molar-refractivity contribution in [2.75, 3.05) is 13.1 Å². The number of carbonyl (C=O) groups is 2. The predicted molar refractivity (Wildman–Crippen MR) is 60.6 cm³/mol. The van der Waals surface area contributed by atoms with E-state index < -0.39 is 18.1 Å². The van der Waals surface area contributed by atoms with Gasteiger partial charge in [0.25, 0.3) is 0 Å². The van der Waals surface area contributed by atoms with E-state index in [2.05, 4.69) is 0 Å². The number of hydrogen-bond donors (Lipinski definition) is 3. The molecule has 92 valence electrons. The summed E-state index contributed by atoms with van der Waals surface area (Å²) >= 11 is 0. The summed E-state index contributed by atoms with van der Waals surface area (Å²) in [6.07, 6.45) is 2.91. The summed E-state index contributed by atoms with van der Waals surface area (Å²) < 4.78 is 0. The number of carbonyl (C=O) groups excluding carboxylic acids is 2. The van der Waals surface area contributed by atoms with Gasteiger partial charge in [-0.3, -0.25) is 4.79 Å². The van der Waals surface area contributed by atoms with Crippen molar-refractivity contribution in [1.82, 2.24) is 4.90 Å². The zero-order valence-corrected chi connectivity index (χ0v) is 9.39. The van der Waals surface area contributed by atoms with Crippen LogP contribution in [-0.4, -0.2) is 41.9 Å². The van der Waals surface area contributed by atoms with Crippen LogP contribution in [0.1, 0.15) is 25.7 Å². The molecule has 1 saturated heterocycles. The first kappa shape index (κ1) is 12.9. The van der Waals surface area contributed by atoms with Gasteiger partial charge >= 0.3 is 6.03 Å². The maximum absolute atomic E-state index is 12.0. The van der Waals surface area contributed by atoms with Gasteiger partial charge in [0.15, 0.2) is 5.78 Å². The Hall–Kier alpha value is -1.14. The zero-order valence-electron chi connectivity index (χ0n) is 9.39. The number of likely N-dealkylation sites (tertiary alicyclic amines) is 1. The highest BCUT2D eigenvalue weighted by molar-refractivity contribution is 5.92. The summed E-state index contributed by atoms with van der Waals surface area (Å²) in [4.78, 5) is 24.6. The first-order valence-electron chi connectivity index (χ1n) is 5.63. The van der Waals surface area contributed by atoms with Crippen molar-refractivity contribution in [1.29, 1.82) is 0 Å². The molecule has 1 unspecified atom stereocenters. The molecular formula is C10H20N4O2. The fourth-order valence-corrected chi connectivity index (χ4v) is 2.06. The minimum Gasteiger partial charge on any atom is -0.351 e. The second kappa shape index (κ2) is 5.81. The molecule has 0 spiro atoms. The Morgan fingerprint density at radius 1 is 1.38 bits per heavy atom. The second-order valence-corrected chi connectivity index (χ2v) is 4.13. The molecular weight excluding hydrogens is 208 g/mol. The van der Waals surface area contributed by atoms with Crippen molar-refractivity contribution in [2.24, 2.45) is 17.2 Å². The third-order valence-electron chi connectivity index (χ3n) is 2.96. The number of urea groups is 1. The lowest BCUT2D eigenvalue weighted by atomic mass is 9.94. The van der Waals surface area contributed by atoms with Gasteiger partial charge in [-0.25, -0.2) is 4.79 Å². The smallest absolute Gasteiger partial charge is 0.315 e. The lowest BCUT2D eigenvalue weighted by Gasteiger charge is -2.34. The van der Waals surface area contributed by atoms with E-state index in [0.29, 0.717) is 25.9 Å². The molecule has 0 bridgehead atoms. The molecule has 1 aliphatic rings. The molecule has 0 saturated carbocycles. The largest absolute Gasteiger partial charge is 0.351 e. The lowest BCUT2D eigenvalue weighted by Crippen LogP contribution is -2.54. The van der Waals surface area contributed by atoms with Gasteiger partial charge in [0.1, 0.15) is 0 Å². The van der Waals surface area contributed by atoms with Crippen molar-refractivity contribution in [3.05, 3.63) is 0 Å². The van der Waals surface area contributed by atoms with Crippen LogP contribution >= 0.6 is 0 Å². The molecule has 2 amide bonds. The molecule has 2 atom stereocenters. The Morgan fingerprint density at radius 2 is 2.06 bits per heavy atom. The van der Waals surface area contributed by atoms with Crippen LogP contribution < -0.4 is 17.2 Å². The van der Waals surface area contributed by atoms with E-state index in [1.165, 1.54) is 4.90 Å². The summed E-state index contributed by atoms with van der Waals surface area (Å²) in [5.74, 6) is -0.121. The minimum atomic E-state index is -0.588. The highest BCUT2D eigenvalue weighted by Crippen LogP contribution is 2.18. The average Bonchev–Trinajstić information content (AvgIpc) is 2.28. The van der Waals surface area contributed by atoms with E-state index in [1.807, 2.05) is 0 Å². The van der Waals surface area contributed by atoms with Gasteiger partial charge in [-0.2, -0.15) is 0 Å². The quantitative estimate of drug-likeness (QED) is 0.582. The van der Waals surface area contributed by atoms with Crippen LogP contribution in [0, 0.1) is 0 Å². The molecule has 0 aromatic heterocycles. The second-order valence-electron chi connectivity index (χ2n) is 4.13. The van der Waals surface area contributed by atoms with Gasteiger partial charge in [0, 0.05) is 6.54 Å². The summed E-state index contributed by atoms with van der Waals surface area (Å²) in [7, 11) is 0. The van der Waals surface area contributed by atoms with Crippen molar-refractivity contribution < 1.29 is 9.59 Å². The van der Waals surface area contributed by atoms with E-state index >= 15 is 0 Å². The molecule has 6 nitrogen and oxygen atoms in total. The van der Waals surface area contributed by atoms with Gasteiger partial charge in [-0.1, -0.05) is 0 Å². The fourth-order valence-electron chi connectivity index (χ4n) is 2.06. The zero-order chi connectivity index (χ0) is 12.1. The van der Waals surface area contributed by atoms with Crippen LogP contribution in [0.3, 0.4) is 0 Å². The van der Waals surface area contributed by atoms with E-state index in [9.17, 15) is 9.59 Å². The van der Waals surface area contributed by atoms with Crippen LogP contribution in [0.5, 0.6) is 0 Å².